The number of carboxylic acids is 1. The van der Waals surface area contributed by atoms with Gasteiger partial charge >= 0.3 is 5.97 Å². The Kier molecular flexibility index (Phi) is 6.38. The fraction of sp³-hybridized carbons (Fsp3) is 0.158. The lowest BCUT2D eigenvalue weighted by Crippen LogP contribution is -2.26. The molecule has 2 aromatic rings. The molecule has 1 unspecified atom stereocenters. The zero-order valence-electron chi connectivity index (χ0n) is 14.5. The molecular weight excluding hydrogens is 385 g/mol. The Morgan fingerprint density at radius 1 is 1.29 bits per heavy atom. The summed E-state index contributed by atoms with van der Waals surface area (Å²) in [7, 11) is 0. The van der Waals surface area contributed by atoms with Gasteiger partial charge in [0.2, 0.25) is 5.91 Å². The maximum absolute atomic E-state index is 13.2. The van der Waals surface area contributed by atoms with Crippen LogP contribution in [0.1, 0.15) is 17.5 Å². The fourth-order valence-corrected chi connectivity index (χ4v) is 3.29. The van der Waals surface area contributed by atoms with E-state index in [2.05, 4.69) is 15.5 Å². The molecule has 28 heavy (non-hydrogen) atoms. The summed E-state index contributed by atoms with van der Waals surface area (Å²) in [6, 6.07) is 13.3. The van der Waals surface area contributed by atoms with Gasteiger partial charge in [0.15, 0.2) is 5.17 Å². The molecule has 144 valence electrons. The van der Waals surface area contributed by atoms with E-state index in [4.69, 9.17) is 9.84 Å². The molecule has 1 aliphatic rings. The predicted molar refractivity (Wildman–Crippen MR) is 104 cm³/mol. The molecule has 1 atom stereocenters. The van der Waals surface area contributed by atoms with Gasteiger partial charge in [-0.1, -0.05) is 36.0 Å². The number of aliphatic carboxylic acids is 1. The van der Waals surface area contributed by atoms with Gasteiger partial charge in [-0.2, -0.15) is 5.10 Å². The molecule has 1 fully saturated rings. The molecule has 0 aromatic heterocycles. The summed E-state index contributed by atoms with van der Waals surface area (Å²) in [4.78, 5) is 22.3. The van der Waals surface area contributed by atoms with Crippen LogP contribution in [-0.2, 0) is 16.2 Å². The molecule has 2 N–H and O–H groups in total. The third kappa shape index (κ3) is 5.65. The van der Waals surface area contributed by atoms with Gasteiger partial charge in [0.25, 0.3) is 0 Å². The first kappa shape index (κ1) is 19.6. The number of rotatable bonds is 7. The highest BCUT2D eigenvalue weighted by molar-refractivity contribution is 8.15. The zero-order valence-corrected chi connectivity index (χ0v) is 15.4. The van der Waals surface area contributed by atoms with Crippen molar-refractivity contribution < 1.29 is 23.8 Å². The van der Waals surface area contributed by atoms with Crippen LogP contribution in [0.3, 0.4) is 0 Å². The van der Waals surface area contributed by atoms with Gasteiger partial charge < -0.3 is 15.2 Å². The number of carbonyl (C=O) groups excluding carboxylic acids is 1. The van der Waals surface area contributed by atoms with E-state index < -0.39 is 17.1 Å². The number of ether oxygens (including phenoxy) is 1. The Balaban J connectivity index is 1.58. The molecule has 1 aliphatic heterocycles. The average molecular weight is 401 g/mol. The molecule has 1 heterocycles. The van der Waals surface area contributed by atoms with E-state index in [0.717, 1.165) is 22.9 Å². The Labute approximate surface area is 164 Å². The van der Waals surface area contributed by atoms with Gasteiger partial charge in [-0.3, -0.25) is 9.59 Å². The Bertz CT molecular complexity index is 948. The van der Waals surface area contributed by atoms with Gasteiger partial charge in [-0.05, 0) is 29.3 Å². The van der Waals surface area contributed by atoms with E-state index in [9.17, 15) is 14.0 Å². The standard InChI is InChI=1S/C19H16FN3O4S/c20-14-5-2-6-15(8-14)27-11-13-4-1-3-12(7-13)10-21-23-19-22-18(26)16(28-19)9-17(24)25/h1-8,10,16H,9,11H2,(H,24,25)(H,22,23,26). The number of hydrogen-bond donors (Lipinski definition) is 2. The van der Waals surface area contributed by atoms with Crippen molar-refractivity contribution in [2.24, 2.45) is 10.2 Å². The molecule has 3 rings (SSSR count). The number of nitrogens with one attached hydrogen (secondary N) is 1. The SMILES string of the molecule is O=C(O)CC1SC(=NN=Cc2cccc(COc3cccc(F)c3)c2)NC1=O. The quantitative estimate of drug-likeness (QED) is 0.549. The minimum absolute atomic E-state index is 0.262. The van der Waals surface area contributed by atoms with Crippen LogP contribution in [0.5, 0.6) is 5.75 Å². The minimum Gasteiger partial charge on any atom is -0.489 e. The van der Waals surface area contributed by atoms with Crippen LogP contribution >= 0.6 is 11.8 Å². The van der Waals surface area contributed by atoms with E-state index in [1.54, 1.807) is 12.1 Å². The van der Waals surface area contributed by atoms with Crippen LogP contribution in [0, 0.1) is 5.82 Å². The van der Waals surface area contributed by atoms with Gasteiger partial charge in [-0.25, -0.2) is 4.39 Å². The Morgan fingerprint density at radius 2 is 2.11 bits per heavy atom. The van der Waals surface area contributed by atoms with Crippen molar-refractivity contribution >= 4 is 35.0 Å². The molecule has 9 heteroatoms. The summed E-state index contributed by atoms with van der Waals surface area (Å²) in [5.41, 5.74) is 1.63. The zero-order chi connectivity index (χ0) is 19.9. The van der Waals surface area contributed by atoms with Crippen molar-refractivity contribution in [2.75, 3.05) is 0 Å². The molecular formula is C19H16FN3O4S. The van der Waals surface area contributed by atoms with Crippen LogP contribution in [0.25, 0.3) is 0 Å². The molecule has 0 spiro atoms. The van der Waals surface area contributed by atoms with Crippen molar-refractivity contribution in [1.82, 2.24) is 5.32 Å². The third-order valence-corrected chi connectivity index (χ3v) is 4.72. The lowest BCUT2D eigenvalue weighted by Gasteiger charge is -2.06. The number of thioether (sulfide) groups is 1. The van der Waals surface area contributed by atoms with E-state index in [1.807, 2.05) is 24.3 Å². The van der Waals surface area contributed by atoms with E-state index >= 15 is 0 Å². The Hall–Kier alpha value is -3.20. The fourth-order valence-electron chi connectivity index (χ4n) is 2.38. The molecule has 7 nitrogen and oxygen atoms in total. The number of amidine groups is 1. The highest BCUT2D eigenvalue weighted by atomic mass is 32.2. The summed E-state index contributed by atoms with van der Waals surface area (Å²) >= 11 is 1.04. The number of halogens is 1. The molecule has 0 aliphatic carbocycles. The smallest absolute Gasteiger partial charge is 0.305 e. The second kappa shape index (κ2) is 9.14. The molecule has 0 saturated carbocycles. The monoisotopic (exact) mass is 401 g/mol. The molecule has 0 radical (unpaired) electrons. The lowest BCUT2D eigenvalue weighted by molar-refractivity contribution is -0.138. The number of hydrogen-bond acceptors (Lipinski definition) is 6. The van der Waals surface area contributed by atoms with Crippen LogP contribution in [0.4, 0.5) is 4.39 Å². The van der Waals surface area contributed by atoms with Crippen molar-refractivity contribution in [1.29, 1.82) is 0 Å². The highest BCUT2D eigenvalue weighted by Crippen LogP contribution is 2.22. The largest absolute Gasteiger partial charge is 0.489 e. The first-order valence-electron chi connectivity index (χ1n) is 8.27. The topological polar surface area (TPSA) is 100 Å². The first-order chi connectivity index (χ1) is 13.5. The van der Waals surface area contributed by atoms with Gasteiger partial charge in [0.1, 0.15) is 23.4 Å². The summed E-state index contributed by atoms with van der Waals surface area (Å²) in [6.07, 6.45) is 1.24. The van der Waals surface area contributed by atoms with Crippen LogP contribution < -0.4 is 10.1 Å². The maximum Gasteiger partial charge on any atom is 0.305 e. The summed E-state index contributed by atoms with van der Waals surface area (Å²) in [6.45, 7) is 0.266. The molecule has 1 saturated heterocycles. The summed E-state index contributed by atoms with van der Waals surface area (Å²) in [5.74, 6) is -1.36. The molecule has 1 amide bonds. The van der Waals surface area contributed by atoms with Crippen LogP contribution in [0.2, 0.25) is 0 Å². The number of carbonyl (C=O) groups is 2. The number of carboxylic acid groups (broad SMARTS) is 1. The van der Waals surface area contributed by atoms with E-state index in [-0.39, 0.29) is 24.0 Å². The normalized spacial score (nSPS) is 17.8. The summed E-state index contributed by atoms with van der Waals surface area (Å²) < 4.78 is 18.7. The molecule has 0 bridgehead atoms. The van der Waals surface area contributed by atoms with Crippen molar-refractivity contribution in [3.05, 3.63) is 65.5 Å². The third-order valence-electron chi connectivity index (χ3n) is 3.64. The van der Waals surface area contributed by atoms with Crippen molar-refractivity contribution in [2.45, 2.75) is 18.3 Å². The van der Waals surface area contributed by atoms with E-state index in [1.165, 1.54) is 18.3 Å². The van der Waals surface area contributed by atoms with E-state index in [0.29, 0.717) is 5.75 Å². The second-order valence-corrected chi connectivity index (χ2v) is 7.03. The summed E-state index contributed by atoms with van der Waals surface area (Å²) in [5, 5.41) is 18.7. The first-order valence-corrected chi connectivity index (χ1v) is 9.15. The number of amides is 1. The number of nitrogens with zero attached hydrogens (tertiary/aromatic N) is 2. The number of benzene rings is 2. The minimum atomic E-state index is -1.05. The predicted octanol–water partition coefficient (Wildman–Crippen LogP) is 2.80. The molecule has 2 aromatic carbocycles. The Morgan fingerprint density at radius 3 is 2.89 bits per heavy atom. The highest BCUT2D eigenvalue weighted by Gasteiger charge is 2.32. The van der Waals surface area contributed by atoms with Gasteiger partial charge in [0.05, 0.1) is 12.6 Å². The maximum atomic E-state index is 13.2. The lowest BCUT2D eigenvalue weighted by atomic mass is 10.1. The van der Waals surface area contributed by atoms with Gasteiger partial charge in [0, 0.05) is 6.07 Å². The van der Waals surface area contributed by atoms with Crippen LogP contribution in [0.15, 0.2) is 58.7 Å². The van der Waals surface area contributed by atoms with Crippen molar-refractivity contribution in [3.8, 4) is 5.75 Å². The average Bonchev–Trinajstić information content (AvgIpc) is 2.99. The van der Waals surface area contributed by atoms with Crippen molar-refractivity contribution in [3.63, 3.8) is 0 Å². The second-order valence-electron chi connectivity index (χ2n) is 5.83. The van der Waals surface area contributed by atoms with Gasteiger partial charge in [-0.15, -0.1) is 5.10 Å². The van der Waals surface area contributed by atoms with Crippen LogP contribution in [-0.4, -0.2) is 33.6 Å².